The number of nitrogens with one attached hydrogen (secondary N) is 1. The van der Waals surface area contributed by atoms with Crippen LogP contribution in [0.1, 0.15) is 46.6 Å². The van der Waals surface area contributed by atoms with Crippen LogP contribution in [-0.4, -0.2) is 37.5 Å². The molecule has 1 aliphatic carbocycles. The molecular formula is C23H26N2O5S. The van der Waals surface area contributed by atoms with Gasteiger partial charge in [-0.3, -0.25) is 4.79 Å². The smallest absolute Gasteiger partial charge is 0.341 e. The van der Waals surface area contributed by atoms with Crippen LogP contribution in [0.15, 0.2) is 18.2 Å². The van der Waals surface area contributed by atoms with Gasteiger partial charge in [-0.2, -0.15) is 0 Å². The van der Waals surface area contributed by atoms with Gasteiger partial charge in [0, 0.05) is 4.88 Å². The number of benzene rings is 1. The summed E-state index contributed by atoms with van der Waals surface area (Å²) in [5, 5.41) is 3.45. The summed E-state index contributed by atoms with van der Waals surface area (Å²) in [6, 6.07) is 5.49. The van der Waals surface area contributed by atoms with Gasteiger partial charge in [0.25, 0.3) is 0 Å². The Morgan fingerprint density at radius 3 is 2.94 bits per heavy atom. The van der Waals surface area contributed by atoms with Gasteiger partial charge in [0.05, 0.1) is 24.4 Å². The number of carbonyl (C=O) groups is 3. The Kier molecular flexibility index (Phi) is 6.00. The first-order valence-corrected chi connectivity index (χ1v) is 11.3. The molecule has 0 bridgehead atoms. The molecule has 2 heterocycles. The number of hydrogen-bond donors (Lipinski definition) is 1. The second-order valence-corrected chi connectivity index (χ2v) is 9.23. The Labute approximate surface area is 185 Å². The molecule has 1 amide bonds. The molecule has 0 saturated carbocycles. The van der Waals surface area contributed by atoms with Crippen LogP contribution in [0, 0.1) is 12.8 Å². The molecule has 1 unspecified atom stereocenters. The van der Waals surface area contributed by atoms with E-state index in [0.717, 1.165) is 35.3 Å². The zero-order valence-electron chi connectivity index (χ0n) is 17.9. The Morgan fingerprint density at radius 2 is 2.16 bits per heavy atom. The zero-order chi connectivity index (χ0) is 22.1. The van der Waals surface area contributed by atoms with Gasteiger partial charge in [-0.25, -0.2) is 9.59 Å². The molecule has 0 fully saturated rings. The van der Waals surface area contributed by atoms with E-state index in [0.29, 0.717) is 27.9 Å². The first-order chi connectivity index (χ1) is 14.9. The maximum atomic E-state index is 12.9. The lowest BCUT2D eigenvalue weighted by Gasteiger charge is -2.29. The van der Waals surface area contributed by atoms with Crippen molar-refractivity contribution in [3.63, 3.8) is 0 Å². The summed E-state index contributed by atoms with van der Waals surface area (Å²) in [4.78, 5) is 40.4. The van der Waals surface area contributed by atoms with E-state index < -0.39 is 11.9 Å². The molecule has 1 aromatic carbocycles. The highest BCUT2D eigenvalue weighted by atomic mass is 32.1. The number of fused-ring (bicyclic) bond motifs is 2. The van der Waals surface area contributed by atoms with Crippen molar-refractivity contribution in [3.8, 4) is 5.75 Å². The summed E-state index contributed by atoms with van der Waals surface area (Å²) in [5.41, 5.74) is 3.20. The molecule has 2 aliphatic rings. The van der Waals surface area contributed by atoms with Crippen LogP contribution in [-0.2, 0) is 27.2 Å². The number of thiophene rings is 1. The minimum atomic E-state index is -0.406. The third-order valence-electron chi connectivity index (χ3n) is 5.58. The van der Waals surface area contributed by atoms with E-state index >= 15 is 0 Å². The highest BCUT2D eigenvalue weighted by Crippen LogP contribution is 2.40. The molecule has 0 radical (unpaired) electrons. The largest absolute Gasteiger partial charge is 0.462 e. The SMILES string of the molecule is CCOC(=O)c1c(NC(=O)CN2CC(=O)Oc3ccc(C)cc32)sc2c1CCC(C)C2. The van der Waals surface area contributed by atoms with Gasteiger partial charge in [-0.1, -0.05) is 13.0 Å². The Morgan fingerprint density at radius 1 is 1.35 bits per heavy atom. The van der Waals surface area contributed by atoms with Gasteiger partial charge < -0.3 is 19.7 Å². The highest BCUT2D eigenvalue weighted by molar-refractivity contribution is 7.17. The lowest BCUT2D eigenvalue weighted by molar-refractivity contribution is -0.133. The van der Waals surface area contributed by atoms with E-state index in [1.165, 1.54) is 11.3 Å². The van der Waals surface area contributed by atoms with E-state index in [1.54, 1.807) is 17.9 Å². The first-order valence-electron chi connectivity index (χ1n) is 10.5. The van der Waals surface area contributed by atoms with Gasteiger partial charge in [-0.05, 0) is 62.3 Å². The predicted molar refractivity (Wildman–Crippen MR) is 119 cm³/mol. The fourth-order valence-corrected chi connectivity index (χ4v) is 5.51. The summed E-state index contributed by atoms with van der Waals surface area (Å²) in [6.07, 6.45) is 2.71. The average molecular weight is 443 g/mol. The summed E-state index contributed by atoms with van der Waals surface area (Å²) >= 11 is 1.46. The molecule has 0 saturated heterocycles. The van der Waals surface area contributed by atoms with Gasteiger partial charge in [-0.15, -0.1) is 11.3 Å². The van der Waals surface area contributed by atoms with Crippen molar-refractivity contribution in [1.82, 2.24) is 0 Å². The van der Waals surface area contributed by atoms with Crippen molar-refractivity contribution < 1.29 is 23.9 Å². The number of aryl methyl sites for hydroxylation is 1. The molecule has 4 rings (SSSR count). The monoisotopic (exact) mass is 442 g/mol. The molecule has 164 valence electrons. The topological polar surface area (TPSA) is 84.9 Å². The first kappa shape index (κ1) is 21.4. The summed E-state index contributed by atoms with van der Waals surface area (Å²) in [6.45, 7) is 6.16. The zero-order valence-corrected chi connectivity index (χ0v) is 18.8. The van der Waals surface area contributed by atoms with Crippen molar-refractivity contribution in [1.29, 1.82) is 0 Å². The second kappa shape index (κ2) is 8.70. The van der Waals surface area contributed by atoms with Crippen molar-refractivity contribution in [3.05, 3.63) is 39.8 Å². The summed E-state index contributed by atoms with van der Waals surface area (Å²) in [7, 11) is 0. The molecule has 2 aromatic rings. The maximum absolute atomic E-state index is 12.9. The number of carbonyl (C=O) groups excluding carboxylic acids is 3. The molecule has 7 nitrogen and oxygen atoms in total. The summed E-state index contributed by atoms with van der Waals surface area (Å²) < 4.78 is 10.6. The van der Waals surface area contributed by atoms with Gasteiger partial charge in [0.15, 0.2) is 5.75 Å². The fourth-order valence-electron chi connectivity index (χ4n) is 4.10. The molecule has 1 atom stereocenters. The van der Waals surface area contributed by atoms with E-state index in [4.69, 9.17) is 9.47 Å². The van der Waals surface area contributed by atoms with E-state index in [9.17, 15) is 14.4 Å². The van der Waals surface area contributed by atoms with Crippen molar-refractivity contribution in [2.24, 2.45) is 5.92 Å². The normalized spacial score (nSPS) is 17.5. The lowest BCUT2D eigenvalue weighted by atomic mass is 9.88. The van der Waals surface area contributed by atoms with Crippen LogP contribution in [0.25, 0.3) is 0 Å². The number of nitrogens with zero attached hydrogens (tertiary/aromatic N) is 1. The van der Waals surface area contributed by atoms with E-state index in [-0.39, 0.29) is 25.6 Å². The lowest BCUT2D eigenvalue weighted by Crippen LogP contribution is -2.41. The predicted octanol–water partition coefficient (Wildman–Crippen LogP) is 3.72. The Balaban J connectivity index is 1.57. The molecule has 8 heteroatoms. The fraction of sp³-hybridized carbons (Fsp3) is 0.435. The number of ether oxygens (including phenoxy) is 2. The number of hydrogen-bond acceptors (Lipinski definition) is 7. The maximum Gasteiger partial charge on any atom is 0.341 e. The Hall–Kier alpha value is -2.87. The van der Waals surface area contributed by atoms with Gasteiger partial charge in [0.1, 0.15) is 11.5 Å². The van der Waals surface area contributed by atoms with Crippen molar-refractivity contribution >= 4 is 39.9 Å². The van der Waals surface area contributed by atoms with Crippen LogP contribution >= 0.6 is 11.3 Å². The third kappa shape index (κ3) is 4.44. The van der Waals surface area contributed by atoms with Crippen LogP contribution in [0.4, 0.5) is 10.7 Å². The number of rotatable bonds is 5. The van der Waals surface area contributed by atoms with Crippen LogP contribution in [0.2, 0.25) is 0 Å². The highest BCUT2D eigenvalue weighted by Gasteiger charge is 2.30. The van der Waals surface area contributed by atoms with Crippen molar-refractivity contribution in [2.75, 3.05) is 29.9 Å². The molecule has 1 N–H and O–H groups in total. The average Bonchev–Trinajstić information content (AvgIpc) is 3.05. The van der Waals surface area contributed by atoms with Crippen LogP contribution in [0.5, 0.6) is 5.75 Å². The second-order valence-electron chi connectivity index (χ2n) is 8.13. The molecule has 1 aliphatic heterocycles. The van der Waals surface area contributed by atoms with E-state index in [1.807, 2.05) is 19.1 Å². The van der Waals surface area contributed by atoms with E-state index in [2.05, 4.69) is 12.2 Å². The van der Waals surface area contributed by atoms with Crippen LogP contribution in [0.3, 0.4) is 0 Å². The number of amides is 1. The molecule has 0 spiro atoms. The minimum Gasteiger partial charge on any atom is -0.462 e. The third-order valence-corrected chi connectivity index (χ3v) is 6.75. The number of anilines is 2. The standard InChI is InChI=1S/C23H26N2O5S/c1-4-29-23(28)21-15-7-5-14(3)10-18(15)31-22(21)24-19(26)11-25-12-20(27)30-17-8-6-13(2)9-16(17)25/h6,8-9,14H,4-5,7,10-12H2,1-3H3,(H,24,26). The summed E-state index contributed by atoms with van der Waals surface area (Å²) in [5.74, 6) is -0.102. The quantitative estimate of drug-likeness (QED) is 0.561. The van der Waals surface area contributed by atoms with Crippen molar-refractivity contribution in [2.45, 2.75) is 40.0 Å². The van der Waals surface area contributed by atoms with Gasteiger partial charge >= 0.3 is 11.9 Å². The van der Waals surface area contributed by atoms with Crippen LogP contribution < -0.4 is 15.0 Å². The van der Waals surface area contributed by atoms with Gasteiger partial charge in [0.2, 0.25) is 5.91 Å². The molecular weight excluding hydrogens is 416 g/mol. The Bertz CT molecular complexity index is 1040. The molecule has 1 aromatic heterocycles. The minimum absolute atomic E-state index is 0.00688. The molecule has 31 heavy (non-hydrogen) atoms. The number of esters is 2.